The van der Waals surface area contributed by atoms with E-state index in [1.807, 2.05) is 0 Å². The molecule has 0 amide bonds. The minimum atomic E-state index is 0.399. The normalized spacial score (nSPS) is 10.5. The van der Waals surface area contributed by atoms with Gasteiger partial charge in [0.25, 0.3) is 0 Å². The van der Waals surface area contributed by atoms with Crippen molar-refractivity contribution in [2.45, 2.75) is 0 Å². The molecule has 2 aromatic rings. The smallest absolute Gasteiger partial charge is 0.203 e. The Hall–Kier alpha value is -0.350. The molecular formula is C8H3Cl3N2S. The minimum Gasteiger partial charge on any atom is -0.203 e. The summed E-state index contributed by atoms with van der Waals surface area (Å²) in [7, 11) is 0. The first-order valence-corrected chi connectivity index (χ1v) is 5.51. The third-order valence-electron chi connectivity index (χ3n) is 1.52. The van der Waals surface area contributed by atoms with Crippen molar-refractivity contribution in [1.82, 2.24) is 9.36 Å². The van der Waals surface area contributed by atoms with Crippen molar-refractivity contribution in [3.05, 3.63) is 32.7 Å². The standard InChI is InChI=1S/C8H3Cl3N2S/c9-5-1-4(2-6(10)3-5)7-12-8(11)14-13-7/h1-3H. The van der Waals surface area contributed by atoms with Crippen LogP contribution in [0.15, 0.2) is 18.2 Å². The summed E-state index contributed by atoms with van der Waals surface area (Å²) < 4.78 is 4.45. The van der Waals surface area contributed by atoms with Crippen molar-refractivity contribution in [3.63, 3.8) is 0 Å². The van der Waals surface area contributed by atoms with Crippen molar-refractivity contribution in [2.75, 3.05) is 0 Å². The lowest BCUT2D eigenvalue weighted by molar-refractivity contribution is 1.33. The lowest BCUT2D eigenvalue weighted by atomic mass is 10.2. The highest BCUT2D eigenvalue weighted by atomic mass is 35.5. The molecule has 0 radical (unpaired) electrons. The SMILES string of the molecule is Clc1cc(Cl)cc(-c2nsc(Cl)n2)c1. The molecule has 0 N–H and O–H groups in total. The number of aromatic nitrogens is 2. The maximum Gasteiger partial charge on any atom is 0.203 e. The summed E-state index contributed by atoms with van der Waals surface area (Å²) in [6.07, 6.45) is 0. The molecule has 1 aromatic carbocycles. The second-order valence-electron chi connectivity index (χ2n) is 2.53. The maximum absolute atomic E-state index is 5.84. The molecule has 0 aliphatic carbocycles. The fourth-order valence-corrected chi connectivity index (χ4v) is 2.15. The van der Waals surface area contributed by atoms with Crippen LogP contribution in [0.3, 0.4) is 0 Å². The zero-order valence-electron chi connectivity index (χ0n) is 6.67. The minimum absolute atomic E-state index is 0.399. The van der Waals surface area contributed by atoms with E-state index in [9.17, 15) is 0 Å². The Morgan fingerprint density at radius 3 is 2.14 bits per heavy atom. The van der Waals surface area contributed by atoms with E-state index in [0.29, 0.717) is 20.3 Å². The van der Waals surface area contributed by atoms with Gasteiger partial charge < -0.3 is 0 Å². The first-order valence-electron chi connectivity index (χ1n) is 3.61. The molecule has 6 heteroatoms. The lowest BCUT2D eigenvalue weighted by Gasteiger charge is -1.97. The van der Waals surface area contributed by atoms with Crippen molar-refractivity contribution in [1.29, 1.82) is 0 Å². The second kappa shape index (κ2) is 4.03. The number of rotatable bonds is 1. The summed E-state index contributed by atoms with van der Waals surface area (Å²) in [5.74, 6) is 0.546. The predicted octanol–water partition coefficient (Wildman–Crippen LogP) is 4.17. The molecule has 0 aliphatic heterocycles. The summed E-state index contributed by atoms with van der Waals surface area (Å²) in [4.78, 5) is 4.02. The van der Waals surface area contributed by atoms with Crippen molar-refractivity contribution in [3.8, 4) is 11.4 Å². The summed E-state index contributed by atoms with van der Waals surface area (Å²) in [5.41, 5.74) is 0.769. The fourth-order valence-electron chi connectivity index (χ4n) is 1.01. The lowest BCUT2D eigenvalue weighted by Crippen LogP contribution is -1.80. The van der Waals surface area contributed by atoms with Crippen molar-refractivity contribution < 1.29 is 0 Å². The van der Waals surface area contributed by atoms with E-state index in [4.69, 9.17) is 34.8 Å². The monoisotopic (exact) mass is 264 g/mol. The summed E-state index contributed by atoms with van der Waals surface area (Å²) in [5, 5.41) is 1.11. The Bertz CT molecular complexity index is 449. The Labute approximate surface area is 99.6 Å². The summed E-state index contributed by atoms with van der Waals surface area (Å²) in [6, 6.07) is 5.14. The topological polar surface area (TPSA) is 25.8 Å². The number of benzene rings is 1. The Morgan fingerprint density at radius 1 is 1.00 bits per heavy atom. The van der Waals surface area contributed by atoms with Gasteiger partial charge in [-0.05, 0) is 41.3 Å². The molecule has 0 unspecified atom stereocenters. The van der Waals surface area contributed by atoms with Gasteiger partial charge in [0.2, 0.25) is 4.47 Å². The van der Waals surface area contributed by atoms with Gasteiger partial charge in [-0.1, -0.05) is 23.2 Å². The maximum atomic E-state index is 5.84. The van der Waals surface area contributed by atoms with E-state index in [2.05, 4.69) is 9.36 Å². The van der Waals surface area contributed by atoms with Crippen LogP contribution < -0.4 is 0 Å². The molecular weight excluding hydrogens is 263 g/mol. The first kappa shape index (κ1) is 10.2. The summed E-state index contributed by atoms with van der Waals surface area (Å²) in [6.45, 7) is 0. The average Bonchev–Trinajstić information content (AvgIpc) is 2.50. The molecule has 1 heterocycles. The number of hydrogen-bond donors (Lipinski definition) is 0. The van der Waals surface area contributed by atoms with Gasteiger partial charge in [-0.3, -0.25) is 0 Å². The van der Waals surface area contributed by atoms with E-state index >= 15 is 0 Å². The second-order valence-corrected chi connectivity index (χ2v) is 4.74. The van der Waals surface area contributed by atoms with Crippen LogP contribution in [-0.2, 0) is 0 Å². The van der Waals surface area contributed by atoms with E-state index in [1.165, 1.54) is 0 Å². The van der Waals surface area contributed by atoms with Crippen LogP contribution in [0.4, 0.5) is 0 Å². The summed E-state index contributed by atoms with van der Waals surface area (Å²) >= 11 is 18.5. The van der Waals surface area contributed by atoms with Gasteiger partial charge in [0.15, 0.2) is 5.82 Å². The highest BCUT2D eigenvalue weighted by Gasteiger charge is 2.06. The third-order valence-corrected chi connectivity index (χ3v) is 2.76. The van der Waals surface area contributed by atoms with E-state index in [0.717, 1.165) is 17.1 Å². The Morgan fingerprint density at radius 2 is 1.64 bits per heavy atom. The van der Waals surface area contributed by atoms with Crippen LogP contribution in [0, 0.1) is 0 Å². The zero-order chi connectivity index (χ0) is 10.1. The van der Waals surface area contributed by atoms with Gasteiger partial charge in [0.1, 0.15) is 0 Å². The first-order chi connectivity index (χ1) is 6.65. The molecule has 0 saturated carbocycles. The van der Waals surface area contributed by atoms with Gasteiger partial charge in [-0.15, -0.1) is 0 Å². The van der Waals surface area contributed by atoms with Crippen LogP contribution in [-0.4, -0.2) is 9.36 Å². The van der Waals surface area contributed by atoms with Crippen LogP contribution in [0.5, 0.6) is 0 Å². The quantitative estimate of drug-likeness (QED) is 0.773. The van der Waals surface area contributed by atoms with Crippen molar-refractivity contribution in [2.24, 2.45) is 0 Å². The number of hydrogen-bond acceptors (Lipinski definition) is 3. The predicted molar refractivity (Wildman–Crippen MR) is 60.4 cm³/mol. The van der Waals surface area contributed by atoms with Gasteiger partial charge in [0, 0.05) is 15.6 Å². The molecule has 0 spiro atoms. The molecule has 0 fully saturated rings. The Balaban J connectivity index is 2.51. The highest BCUT2D eigenvalue weighted by molar-refractivity contribution is 7.10. The van der Waals surface area contributed by atoms with Gasteiger partial charge in [-0.25, -0.2) is 4.98 Å². The van der Waals surface area contributed by atoms with E-state index < -0.39 is 0 Å². The molecule has 0 aliphatic rings. The molecule has 14 heavy (non-hydrogen) atoms. The van der Waals surface area contributed by atoms with Crippen LogP contribution in [0.2, 0.25) is 14.5 Å². The van der Waals surface area contributed by atoms with Gasteiger partial charge in [-0.2, -0.15) is 4.37 Å². The van der Waals surface area contributed by atoms with Crippen molar-refractivity contribution >= 4 is 46.3 Å². The molecule has 2 rings (SSSR count). The molecule has 72 valence electrons. The average molecular weight is 266 g/mol. The molecule has 0 saturated heterocycles. The van der Waals surface area contributed by atoms with Gasteiger partial charge >= 0.3 is 0 Å². The van der Waals surface area contributed by atoms with Crippen LogP contribution in [0.1, 0.15) is 0 Å². The number of nitrogens with zero attached hydrogens (tertiary/aromatic N) is 2. The van der Waals surface area contributed by atoms with E-state index in [-0.39, 0.29) is 0 Å². The molecule has 1 aromatic heterocycles. The largest absolute Gasteiger partial charge is 0.203 e. The molecule has 0 atom stereocenters. The number of halogens is 3. The zero-order valence-corrected chi connectivity index (χ0v) is 9.75. The Kier molecular flexibility index (Phi) is 2.93. The van der Waals surface area contributed by atoms with Crippen LogP contribution in [0.25, 0.3) is 11.4 Å². The third kappa shape index (κ3) is 2.17. The van der Waals surface area contributed by atoms with Gasteiger partial charge in [0.05, 0.1) is 0 Å². The molecule has 2 nitrogen and oxygen atoms in total. The fraction of sp³-hybridized carbons (Fsp3) is 0. The van der Waals surface area contributed by atoms with E-state index in [1.54, 1.807) is 18.2 Å². The van der Waals surface area contributed by atoms with Crippen LogP contribution >= 0.6 is 46.3 Å². The molecule has 0 bridgehead atoms. The highest BCUT2D eigenvalue weighted by Crippen LogP contribution is 2.27.